The molecule has 5 rings (SSSR count). The number of fused-ring (bicyclic) bond motifs is 5. The van der Waals surface area contributed by atoms with Crippen LogP contribution in [0.4, 0.5) is 0 Å². The van der Waals surface area contributed by atoms with E-state index in [0.717, 1.165) is 50.5 Å². The van der Waals surface area contributed by atoms with E-state index in [1.165, 1.54) is 19.3 Å². The van der Waals surface area contributed by atoms with Gasteiger partial charge in [-0.1, -0.05) is 13.8 Å². The van der Waals surface area contributed by atoms with Crippen LogP contribution in [0.25, 0.3) is 0 Å². The average Bonchev–Trinajstić information content (AvgIpc) is 2.95. The maximum absolute atomic E-state index is 12.5. The van der Waals surface area contributed by atoms with Gasteiger partial charge < -0.3 is 19.4 Å². The van der Waals surface area contributed by atoms with Crippen molar-refractivity contribution >= 4 is 5.97 Å². The molecule has 4 aliphatic carbocycles. The molecule has 0 spiro atoms. The third-order valence-electron chi connectivity index (χ3n) is 10.2. The molecule has 6 nitrogen and oxygen atoms in total. The zero-order chi connectivity index (χ0) is 22.9. The van der Waals surface area contributed by atoms with Gasteiger partial charge in [0.25, 0.3) is 0 Å². The molecule has 1 heterocycles. The van der Waals surface area contributed by atoms with Gasteiger partial charge in [0, 0.05) is 30.7 Å². The maximum Gasteiger partial charge on any atom is 0.335 e. The second-order valence-electron chi connectivity index (χ2n) is 11.5. The highest BCUT2D eigenvalue weighted by Gasteiger charge is 2.70. The van der Waals surface area contributed by atoms with Crippen molar-refractivity contribution in [2.75, 3.05) is 0 Å². The summed E-state index contributed by atoms with van der Waals surface area (Å²) in [5.74, 6) is 0.469. The summed E-state index contributed by atoms with van der Waals surface area (Å²) >= 11 is 0. The summed E-state index contributed by atoms with van der Waals surface area (Å²) in [6, 6.07) is 3.17. The van der Waals surface area contributed by atoms with Crippen molar-refractivity contribution in [3.63, 3.8) is 0 Å². The van der Waals surface area contributed by atoms with Crippen molar-refractivity contribution in [3.8, 4) is 0 Å². The van der Waals surface area contributed by atoms with Gasteiger partial charge >= 0.3 is 11.6 Å². The van der Waals surface area contributed by atoms with Gasteiger partial charge in [-0.2, -0.15) is 0 Å². The van der Waals surface area contributed by atoms with Gasteiger partial charge in [-0.15, -0.1) is 0 Å². The minimum atomic E-state index is -0.957. The molecule has 9 atom stereocenters. The Morgan fingerprint density at radius 3 is 2.59 bits per heavy atom. The molecule has 6 heteroatoms. The first-order valence-corrected chi connectivity index (χ1v) is 12.2. The quantitative estimate of drug-likeness (QED) is 0.674. The Labute approximate surface area is 189 Å². The van der Waals surface area contributed by atoms with Crippen LogP contribution in [-0.4, -0.2) is 34.0 Å². The topological polar surface area (TPSA) is 97.0 Å². The van der Waals surface area contributed by atoms with Crippen LogP contribution in [0.5, 0.6) is 0 Å². The van der Waals surface area contributed by atoms with Crippen molar-refractivity contribution in [3.05, 3.63) is 34.4 Å². The Morgan fingerprint density at radius 2 is 1.91 bits per heavy atom. The van der Waals surface area contributed by atoms with Crippen LogP contribution in [0.15, 0.2) is 27.6 Å². The predicted octanol–water partition coefficient (Wildman–Crippen LogP) is 3.78. The van der Waals surface area contributed by atoms with E-state index >= 15 is 0 Å². The molecule has 4 fully saturated rings. The van der Waals surface area contributed by atoms with E-state index in [-0.39, 0.29) is 29.3 Å². The summed E-state index contributed by atoms with van der Waals surface area (Å²) in [5.41, 5.74) is -0.903. The lowest BCUT2D eigenvalue weighted by molar-refractivity contribution is -0.205. The van der Waals surface area contributed by atoms with Crippen LogP contribution >= 0.6 is 0 Å². The van der Waals surface area contributed by atoms with Crippen LogP contribution < -0.4 is 5.63 Å². The third kappa shape index (κ3) is 3.05. The molecule has 0 unspecified atom stereocenters. The summed E-state index contributed by atoms with van der Waals surface area (Å²) in [6.07, 6.45) is 7.78. The summed E-state index contributed by atoms with van der Waals surface area (Å²) in [5, 5.41) is 22.7. The largest absolute Gasteiger partial charge is 0.462 e. The number of aliphatic hydroxyl groups is 2. The third-order valence-corrected chi connectivity index (χ3v) is 10.2. The Morgan fingerprint density at radius 1 is 1.12 bits per heavy atom. The maximum atomic E-state index is 12.5. The lowest BCUT2D eigenvalue weighted by Gasteiger charge is -2.63. The van der Waals surface area contributed by atoms with Crippen LogP contribution in [0.2, 0.25) is 0 Å². The number of carbonyl (C=O) groups excluding carboxylic acids is 1. The van der Waals surface area contributed by atoms with Gasteiger partial charge in [-0.05, 0) is 79.7 Å². The molecule has 0 aliphatic heterocycles. The van der Waals surface area contributed by atoms with E-state index in [0.29, 0.717) is 18.3 Å². The van der Waals surface area contributed by atoms with Gasteiger partial charge in [-0.3, -0.25) is 4.79 Å². The van der Waals surface area contributed by atoms with Gasteiger partial charge in [0.05, 0.1) is 18.0 Å². The standard InChI is InChI=1S/C26H36O6/c1-15(27)32-21-13-26(30)20-6-5-17-12-18(28)8-10-24(17,2)19(20)9-11-25(26,3)23(21)16-4-7-22(29)31-14-16/h4,7,14,17-21,23,28,30H,5-6,8-13H2,1-3H3/t17-,18-,19-,20+,21-,23-,24-,25+,26-/m0/s1. The first-order valence-electron chi connectivity index (χ1n) is 12.2. The molecule has 176 valence electrons. The SMILES string of the molecule is CC(=O)O[C@H]1C[C@]2(O)[C@@H]3CC[C@H]4C[C@@H](O)CC[C@]4(C)[C@H]3CC[C@]2(C)[C@H]1c1ccc(=O)oc1. The van der Waals surface area contributed by atoms with Crippen LogP contribution in [0.1, 0.15) is 83.6 Å². The number of hydrogen-bond acceptors (Lipinski definition) is 6. The zero-order valence-corrected chi connectivity index (χ0v) is 19.4. The highest BCUT2D eigenvalue weighted by molar-refractivity contribution is 5.66. The molecular formula is C26H36O6. The summed E-state index contributed by atoms with van der Waals surface area (Å²) in [6.45, 7) is 5.94. The molecular weight excluding hydrogens is 408 g/mol. The minimum absolute atomic E-state index is 0.133. The average molecular weight is 445 g/mol. The summed E-state index contributed by atoms with van der Waals surface area (Å²) < 4.78 is 11.0. The van der Waals surface area contributed by atoms with Gasteiger partial charge in [0.15, 0.2) is 0 Å². The van der Waals surface area contributed by atoms with Crippen LogP contribution in [0.3, 0.4) is 0 Å². The van der Waals surface area contributed by atoms with Crippen molar-refractivity contribution in [2.24, 2.45) is 28.6 Å². The second-order valence-corrected chi connectivity index (χ2v) is 11.5. The Bertz CT molecular complexity index is 935. The van der Waals surface area contributed by atoms with Gasteiger partial charge in [-0.25, -0.2) is 4.79 Å². The predicted molar refractivity (Wildman–Crippen MR) is 118 cm³/mol. The van der Waals surface area contributed by atoms with E-state index in [4.69, 9.17) is 9.15 Å². The molecule has 2 N–H and O–H groups in total. The fraction of sp³-hybridized carbons (Fsp3) is 0.769. The number of esters is 1. The van der Waals surface area contributed by atoms with Crippen LogP contribution in [-0.2, 0) is 9.53 Å². The Hall–Kier alpha value is -1.66. The molecule has 4 saturated carbocycles. The number of carbonyl (C=O) groups is 1. The number of hydrogen-bond donors (Lipinski definition) is 2. The van der Waals surface area contributed by atoms with Gasteiger partial charge in [0.2, 0.25) is 0 Å². The monoisotopic (exact) mass is 444 g/mol. The van der Waals surface area contributed by atoms with Crippen molar-refractivity contribution in [1.82, 2.24) is 0 Å². The number of rotatable bonds is 2. The first-order chi connectivity index (χ1) is 15.1. The van der Waals surface area contributed by atoms with Crippen molar-refractivity contribution < 1.29 is 24.2 Å². The van der Waals surface area contributed by atoms with E-state index in [2.05, 4.69) is 13.8 Å². The molecule has 1 aromatic rings. The molecule has 1 aromatic heterocycles. The second kappa shape index (κ2) is 7.42. The van der Waals surface area contributed by atoms with E-state index in [9.17, 15) is 19.8 Å². The minimum Gasteiger partial charge on any atom is -0.462 e. The lowest BCUT2D eigenvalue weighted by atomic mass is 9.43. The van der Waals surface area contributed by atoms with Gasteiger partial charge in [0.1, 0.15) is 6.10 Å². The summed E-state index contributed by atoms with van der Waals surface area (Å²) in [7, 11) is 0. The molecule has 4 aliphatic rings. The Kier molecular flexibility index (Phi) is 5.14. The smallest absolute Gasteiger partial charge is 0.335 e. The molecule has 0 bridgehead atoms. The molecule has 0 amide bonds. The van der Waals surface area contributed by atoms with Crippen molar-refractivity contribution in [1.29, 1.82) is 0 Å². The zero-order valence-electron chi connectivity index (χ0n) is 19.4. The van der Waals surface area contributed by atoms with E-state index in [1.54, 1.807) is 6.07 Å². The molecule has 0 aromatic carbocycles. The first kappa shape index (κ1) is 22.1. The fourth-order valence-electron chi connectivity index (χ4n) is 8.67. The molecule has 0 saturated heterocycles. The number of aliphatic hydroxyl groups excluding tert-OH is 1. The highest BCUT2D eigenvalue weighted by atomic mass is 16.5. The van der Waals surface area contributed by atoms with E-state index < -0.39 is 22.7 Å². The van der Waals surface area contributed by atoms with Crippen molar-refractivity contribution in [2.45, 2.75) is 95.9 Å². The fourth-order valence-corrected chi connectivity index (χ4v) is 8.67. The lowest BCUT2D eigenvalue weighted by Crippen LogP contribution is -2.62. The molecule has 32 heavy (non-hydrogen) atoms. The highest BCUT2D eigenvalue weighted by Crippen LogP contribution is 2.70. The van der Waals surface area contributed by atoms with Crippen LogP contribution in [0, 0.1) is 28.6 Å². The molecule has 0 radical (unpaired) electrons. The normalized spacial score (nSPS) is 47.8. The number of ether oxygens (including phenoxy) is 1. The van der Waals surface area contributed by atoms with E-state index in [1.807, 2.05) is 0 Å². The Balaban J connectivity index is 1.55. The summed E-state index contributed by atoms with van der Waals surface area (Å²) in [4.78, 5) is 23.6.